The fraction of sp³-hybridized carbons (Fsp3) is 0.310. The minimum atomic E-state index is -0.706. The van der Waals surface area contributed by atoms with Gasteiger partial charge in [-0.1, -0.05) is 84.7 Å². The van der Waals surface area contributed by atoms with Crippen LogP contribution in [0, 0.1) is 0 Å². The standard InChI is InChI=1S/C29H32Cl2N2O2S/c1-3-21(2)32-29(35)27(19-22-11-6-4-7-12-22)33(20-24-25(30)15-10-16-26(24)31)28(34)17-18-36-23-13-8-5-9-14-23/h4-16,21,27H,3,17-20H2,1-2H3,(H,32,35)/t21-,27-/m1/s1. The molecule has 2 atom stereocenters. The van der Waals surface area contributed by atoms with Gasteiger partial charge in [-0.3, -0.25) is 9.59 Å². The van der Waals surface area contributed by atoms with Crippen molar-refractivity contribution in [3.63, 3.8) is 0 Å². The van der Waals surface area contributed by atoms with Crippen LogP contribution in [0.4, 0.5) is 0 Å². The van der Waals surface area contributed by atoms with Gasteiger partial charge < -0.3 is 10.2 Å². The Balaban J connectivity index is 1.91. The Hall–Kier alpha value is -2.47. The van der Waals surface area contributed by atoms with E-state index in [4.69, 9.17) is 23.2 Å². The van der Waals surface area contributed by atoms with Crippen molar-refractivity contribution in [2.24, 2.45) is 0 Å². The Morgan fingerprint density at radius 2 is 1.53 bits per heavy atom. The van der Waals surface area contributed by atoms with Gasteiger partial charge in [-0.05, 0) is 43.2 Å². The molecule has 3 aromatic rings. The molecular formula is C29H32Cl2N2O2S. The smallest absolute Gasteiger partial charge is 0.243 e. The van der Waals surface area contributed by atoms with Gasteiger partial charge in [0.05, 0.1) is 0 Å². The van der Waals surface area contributed by atoms with E-state index in [1.54, 1.807) is 34.9 Å². The lowest BCUT2D eigenvalue weighted by Gasteiger charge is -2.33. The molecule has 2 amide bonds. The minimum Gasteiger partial charge on any atom is -0.352 e. The number of amides is 2. The first kappa shape index (κ1) is 28.1. The van der Waals surface area contributed by atoms with Crippen molar-refractivity contribution in [1.29, 1.82) is 0 Å². The third-order valence-corrected chi connectivity index (χ3v) is 7.71. The molecule has 7 heteroatoms. The van der Waals surface area contributed by atoms with Gasteiger partial charge >= 0.3 is 0 Å². The third kappa shape index (κ3) is 8.29. The van der Waals surface area contributed by atoms with Crippen LogP contribution < -0.4 is 5.32 Å². The molecule has 3 rings (SSSR count). The molecule has 190 valence electrons. The third-order valence-electron chi connectivity index (χ3n) is 5.99. The quantitative estimate of drug-likeness (QED) is 0.250. The molecule has 0 heterocycles. The van der Waals surface area contributed by atoms with Crippen LogP contribution in [0.5, 0.6) is 0 Å². The van der Waals surface area contributed by atoms with Crippen LogP contribution in [0.25, 0.3) is 0 Å². The fourth-order valence-corrected chi connectivity index (χ4v) is 5.14. The molecule has 3 aromatic carbocycles. The van der Waals surface area contributed by atoms with Crippen LogP contribution in [0.1, 0.15) is 37.8 Å². The van der Waals surface area contributed by atoms with Crippen LogP contribution in [0.15, 0.2) is 83.8 Å². The largest absolute Gasteiger partial charge is 0.352 e. The van der Waals surface area contributed by atoms with Crippen LogP contribution in [-0.2, 0) is 22.6 Å². The number of hydrogen-bond donors (Lipinski definition) is 1. The van der Waals surface area contributed by atoms with Crippen LogP contribution in [0.2, 0.25) is 10.0 Å². The predicted molar refractivity (Wildman–Crippen MR) is 151 cm³/mol. The summed E-state index contributed by atoms with van der Waals surface area (Å²) in [6.07, 6.45) is 1.47. The van der Waals surface area contributed by atoms with E-state index in [1.807, 2.05) is 74.5 Å². The number of nitrogens with zero attached hydrogens (tertiary/aromatic N) is 1. The monoisotopic (exact) mass is 542 g/mol. The Morgan fingerprint density at radius 1 is 0.917 bits per heavy atom. The van der Waals surface area contributed by atoms with Gasteiger partial charge in [0, 0.05) is 51.7 Å². The Labute approximate surface area is 228 Å². The summed E-state index contributed by atoms with van der Waals surface area (Å²) in [4.78, 5) is 30.0. The molecule has 0 radical (unpaired) electrons. The summed E-state index contributed by atoms with van der Waals surface area (Å²) in [5, 5.41) is 4.02. The van der Waals surface area contributed by atoms with E-state index in [2.05, 4.69) is 5.32 Å². The molecule has 0 aliphatic carbocycles. The Kier molecular flexibility index (Phi) is 11.2. The summed E-state index contributed by atoms with van der Waals surface area (Å²) in [6, 6.07) is 24.3. The molecule has 0 bridgehead atoms. The van der Waals surface area contributed by atoms with E-state index in [0.29, 0.717) is 27.8 Å². The molecule has 0 aliphatic rings. The molecule has 0 aliphatic heterocycles. The molecule has 0 spiro atoms. The van der Waals surface area contributed by atoms with E-state index < -0.39 is 6.04 Å². The van der Waals surface area contributed by atoms with E-state index in [9.17, 15) is 9.59 Å². The minimum absolute atomic E-state index is 0.00902. The lowest BCUT2D eigenvalue weighted by Crippen LogP contribution is -2.52. The first-order valence-corrected chi connectivity index (χ1v) is 13.9. The molecule has 0 unspecified atom stereocenters. The summed E-state index contributed by atoms with van der Waals surface area (Å²) < 4.78 is 0. The number of carbonyl (C=O) groups excluding carboxylic acids is 2. The van der Waals surface area contributed by atoms with Gasteiger partial charge in [-0.15, -0.1) is 11.8 Å². The topological polar surface area (TPSA) is 49.4 Å². The first-order chi connectivity index (χ1) is 17.4. The lowest BCUT2D eigenvalue weighted by atomic mass is 10.0. The Bertz CT molecular complexity index is 1110. The van der Waals surface area contributed by atoms with Gasteiger partial charge in [0.2, 0.25) is 11.8 Å². The zero-order valence-corrected chi connectivity index (χ0v) is 23.0. The number of thioether (sulfide) groups is 1. The summed E-state index contributed by atoms with van der Waals surface area (Å²) in [5.41, 5.74) is 1.61. The maximum Gasteiger partial charge on any atom is 0.243 e. The van der Waals surface area contributed by atoms with Gasteiger partial charge in [-0.2, -0.15) is 0 Å². The number of nitrogens with one attached hydrogen (secondary N) is 1. The van der Waals surface area contributed by atoms with Crippen molar-refractivity contribution in [2.75, 3.05) is 5.75 Å². The van der Waals surface area contributed by atoms with Crippen molar-refractivity contribution in [1.82, 2.24) is 10.2 Å². The average molecular weight is 544 g/mol. The first-order valence-electron chi connectivity index (χ1n) is 12.1. The zero-order valence-electron chi connectivity index (χ0n) is 20.6. The average Bonchev–Trinajstić information content (AvgIpc) is 2.88. The number of rotatable bonds is 12. The van der Waals surface area contributed by atoms with E-state index in [-0.39, 0.29) is 30.8 Å². The van der Waals surface area contributed by atoms with Crippen molar-refractivity contribution < 1.29 is 9.59 Å². The normalized spacial score (nSPS) is 12.6. The number of carbonyl (C=O) groups is 2. The lowest BCUT2D eigenvalue weighted by molar-refractivity contribution is -0.141. The van der Waals surface area contributed by atoms with Gasteiger partial charge in [0.1, 0.15) is 6.04 Å². The molecule has 1 N–H and O–H groups in total. The van der Waals surface area contributed by atoms with E-state index in [0.717, 1.165) is 16.9 Å². The summed E-state index contributed by atoms with van der Waals surface area (Å²) >= 11 is 14.6. The van der Waals surface area contributed by atoms with Crippen molar-refractivity contribution in [2.45, 2.75) is 56.6 Å². The van der Waals surface area contributed by atoms with Crippen LogP contribution in [0.3, 0.4) is 0 Å². The molecule has 0 fully saturated rings. The number of hydrogen-bond acceptors (Lipinski definition) is 3. The van der Waals surface area contributed by atoms with Gasteiger partial charge in [0.15, 0.2) is 0 Å². The van der Waals surface area contributed by atoms with Crippen molar-refractivity contribution in [3.05, 3.63) is 100 Å². The van der Waals surface area contributed by atoms with E-state index in [1.165, 1.54) is 0 Å². The molecule has 36 heavy (non-hydrogen) atoms. The SMILES string of the molecule is CC[C@@H](C)NC(=O)[C@@H](Cc1ccccc1)N(Cc1c(Cl)cccc1Cl)C(=O)CCSc1ccccc1. The number of halogens is 2. The highest BCUT2D eigenvalue weighted by Crippen LogP contribution is 2.28. The van der Waals surface area contributed by atoms with Gasteiger partial charge in [0.25, 0.3) is 0 Å². The van der Waals surface area contributed by atoms with Gasteiger partial charge in [-0.25, -0.2) is 0 Å². The fourth-order valence-electron chi connectivity index (χ4n) is 3.77. The summed E-state index contributed by atoms with van der Waals surface area (Å²) in [5.74, 6) is 0.302. The summed E-state index contributed by atoms with van der Waals surface area (Å²) in [6.45, 7) is 4.13. The predicted octanol–water partition coefficient (Wildman–Crippen LogP) is 7.03. The highest BCUT2D eigenvalue weighted by molar-refractivity contribution is 7.99. The second-order valence-corrected chi connectivity index (χ2v) is 10.6. The molecule has 0 saturated carbocycles. The zero-order chi connectivity index (χ0) is 25.9. The summed E-state index contributed by atoms with van der Waals surface area (Å²) in [7, 11) is 0. The van der Waals surface area contributed by atoms with Crippen molar-refractivity contribution >= 4 is 46.8 Å². The van der Waals surface area contributed by atoms with E-state index >= 15 is 0 Å². The molecule has 0 saturated heterocycles. The maximum atomic E-state index is 13.7. The second-order valence-electron chi connectivity index (χ2n) is 8.66. The maximum absolute atomic E-state index is 13.7. The van der Waals surface area contributed by atoms with Crippen molar-refractivity contribution in [3.8, 4) is 0 Å². The Morgan fingerprint density at radius 3 is 2.14 bits per heavy atom. The second kappa shape index (κ2) is 14.3. The van der Waals surface area contributed by atoms with Crippen LogP contribution in [-0.4, -0.2) is 34.6 Å². The molecule has 0 aromatic heterocycles. The highest BCUT2D eigenvalue weighted by Gasteiger charge is 2.31. The van der Waals surface area contributed by atoms with Crippen LogP contribution >= 0.6 is 35.0 Å². The molecule has 4 nitrogen and oxygen atoms in total. The number of benzene rings is 3. The molecular weight excluding hydrogens is 511 g/mol. The highest BCUT2D eigenvalue weighted by atomic mass is 35.5.